The number of hydrogen-bond acceptors (Lipinski definition) is 3. The second kappa shape index (κ2) is 5.98. The van der Waals surface area contributed by atoms with Crippen molar-refractivity contribution in [2.24, 2.45) is 0 Å². The standard InChI is InChI=1S/C14H20N2O2/c1-11-5-3-4-6-12(11)9-16-7-8-18-13(10-16)14(17)15-2/h3-6,13H,7-10H2,1-2H3,(H,15,17). The molecule has 0 spiro atoms. The number of rotatable bonds is 3. The molecule has 0 saturated carbocycles. The number of hydrogen-bond donors (Lipinski definition) is 1. The number of nitrogens with zero attached hydrogens (tertiary/aromatic N) is 1. The van der Waals surface area contributed by atoms with Crippen LogP contribution in [0.2, 0.25) is 0 Å². The molecule has 1 heterocycles. The highest BCUT2D eigenvalue weighted by molar-refractivity contribution is 5.80. The maximum Gasteiger partial charge on any atom is 0.250 e. The molecule has 4 nitrogen and oxygen atoms in total. The highest BCUT2D eigenvalue weighted by Gasteiger charge is 2.25. The van der Waals surface area contributed by atoms with Crippen molar-refractivity contribution in [1.29, 1.82) is 0 Å². The average Bonchev–Trinajstić information content (AvgIpc) is 2.41. The van der Waals surface area contributed by atoms with Crippen LogP contribution >= 0.6 is 0 Å². The van der Waals surface area contributed by atoms with Crippen LogP contribution < -0.4 is 5.32 Å². The van der Waals surface area contributed by atoms with Gasteiger partial charge in [0, 0.05) is 26.7 Å². The number of benzene rings is 1. The minimum atomic E-state index is -0.340. The zero-order valence-corrected chi connectivity index (χ0v) is 11.0. The van der Waals surface area contributed by atoms with E-state index < -0.39 is 0 Å². The molecule has 1 fully saturated rings. The van der Waals surface area contributed by atoms with Gasteiger partial charge in [0.15, 0.2) is 0 Å². The molecule has 1 aliphatic heterocycles. The second-order valence-corrected chi connectivity index (χ2v) is 4.64. The molecule has 1 aromatic carbocycles. The lowest BCUT2D eigenvalue weighted by Crippen LogP contribution is -2.48. The summed E-state index contributed by atoms with van der Waals surface area (Å²) in [7, 11) is 1.64. The van der Waals surface area contributed by atoms with Crippen LogP contribution in [-0.2, 0) is 16.1 Å². The second-order valence-electron chi connectivity index (χ2n) is 4.64. The van der Waals surface area contributed by atoms with Crippen molar-refractivity contribution >= 4 is 5.91 Å². The highest BCUT2D eigenvalue weighted by atomic mass is 16.5. The van der Waals surface area contributed by atoms with Crippen LogP contribution in [0.25, 0.3) is 0 Å². The summed E-state index contributed by atoms with van der Waals surface area (Å²) in [4.78, 5) is 13.8. The van der Waals surface area contributed by atoms with Gasteiger partial charge in [0.2, 0.25) is 5.91 Å². The summed E-state index contributed by atoms with van der Waals surface area (Å²) in [5.74, 6) is -0.0375. The molecule has 1 N–H and O–H groups in total. The summed E-state index contributed by atoms with van der Waals surface area (Å²) in [6.45, 7) is 5.15. The monoisotopic (exact) mass is 248 g/mol. The first-order chi connectivity index (χ1) is 8.70. The number of carbonyl (C=O) groups excluding carboxylic acids is 1. The Morgan fingerprint density at radius 1 is 1.50 bits per heavy atom. The van der Waals surface area contributed by atoms with Gasteiger partial charge in [-0.1, -0.05) is 24.3 Å². The Kier molecular flexibility index (Phi) is 4.33. The molecule has 0 radical (unpaired) electrons. The molecule has 0 aromatic heterocycles. The van der Waals surface area contributed by atoms with Gasteiger partial charge in [-0.3, -0.25) is 9.69 Å². The molecule has 98 valence electrons. The third-order valence-corrected chi connectivity index (χ3v) is 3.34. The zero-order chi connectivity index (χ0) is 13.0. The minimum Gasteiger partial charge on any atom is -0.366 e. The van der Waals surface area contributed by atoms with E-state index in [-0.39, 0.29) is 12.0 Å². The smallest absolute Gasteiger partial charge is 0.250 e. The van der Waals surface area contributed by atoms with Crippen molar-refractivity contribution in [2.75, 3.05) is 26.7 Å². The zero-order valence-electron chi connectivity index (χ0n) is 11.0. The van der Waals surface area contributed by atoms with E-state index in [4.69, 9.17) is 4.74 Å². The number of likely N-dealkylation sites (N-methyl/N-ethyl adjacent to an activating group) is 1. The largest absolute Gasteiger partial charge is 0.366 e. The average molecular weight is 248 g/mol. The lowest BCUT2D eigenvalue weighted by atomic mass is 10.1. The van der Waals surface area contributed by atoms with E-state index in [1.807, 2.05) is 6.07 Å². The predicted octanol–water partition coefficient (Wildman–Crippen LogP) is 0.942. The summed E-state index contributed by atoms with van der Waals surface area (Å²) in [6.07, 6.45) is -0.340. The van der Waals surface area contributed by atoms with E-state index in [1.165, 1.54) is 11.1 Å². The summed E-state index contributed by atoms with van der Waals surface area (Å²) < 4.78 is 5.48. The topological polar surface area (TPSA) is 41.6 Å². The Hall–Kier alpha value is -1.39. The van der Waals surface area contributed by atoms with Crippen LogP contribution in [0.15, 0.2) is 24.3 Å². The van der Waals surface area contributed by atoms with E-state index in [2.05, 4.69) is 35.3 Å². The fraction of sp³-hybridized carbons (Fsp3) is 0.500. The maximum atomic E-state index is 11.6. The van der Waals surface area contributed by atoms with E-state index in [9.17, 15) is 4.79 Å². The van der Waals surface area contributed by atoms with Crippen molar-refractivity contribution < 1.29 is 9.53 Å². The number of amides is 1. The van der Waals surface area contributed by atoms with Crippen molar-refractivity contribution in [2.45, 2.75) is 19.6 Å². The van der Waals surface area contributed by atoms with Crippen LogP contribution in [0.1, 0.15) is 11.1 Å². The van der Waals surface area contributed by atoms with Gasteiger partial charge in [-0.25, -0.2) is 0 Å². The van der Waals surface area contributed by atoms with Crippen LogP contribution in [0.3, 0.4) is 0 Å². The van der Waals surface area contributed by atoms with Gasteiger partial charge in [-0.05, 0) is 18.1 Å². The maximum absolute atomic E-state index is 11.6. The number of carbonyl (C=O) groups is 1. The van der Waals surface area contributed by atoms with Crippen LogP contribution in [-0.4, -0.2) is 43.7 Å². The number of ether oxygens (including phenoxy) is 1. The molecule has 0 bridgehead atoms. The van der Waals surface area contributed by atoms with E-state index in [0.717, 1.165) is 13.1 Å². The Morgan fingerprint density at radius 2 is 2.28 bits per heavy atom. The van der Waals surface area contributed by atoms with Crippen molar-refractivity contribution in [3.8, 4) is 0 Å². The van der Waals surface area contributed by atoms with Gasteiger partial charge < -0.3 is 10.1 Å². The fourth-order valence-corrected chi connectivity index (χ4v) is 2.19. The first-order valence-corrected chi connectivity index (χ1v) is 6.31. The molecular weight excluding hydrogens is 228 g/mol. The molecule has 18 heavy (non-hydrogen) atoms. The fourth-order valence-electron chi connectivity index (χ4n) is 2.19. The molecule has 4 heteroatoms. The summed E-state index contributed by atoms with van der Waals surface area (Å²) in [5.41, 5.74) is 2.61. The van der Waals surface area contributed by atoms with Crippen LogP contribution in [0.5, 0.6) is 0 Å². The van der Waals surface area contributed by atoms with Crippen LogP contribution in [0, 0.1) is 6.92 Å². The lowest BCUT2D eigenvalue weighted by molar-refractivity contribution is -0.138. The Morgan fingerprint density at radius 3 is 3.00 bits per heavy atom. The third-order valence-electron chi connectivity index (χ3n) is 3.34. The van der Waals surface area contributed by atoms with E-state index >= 15 is 0 Å². The van der Waals surface area contributed by atoms with Crippen molar-refractivity contribution in [3.63, 3.8) is 0 Å². The third kappa shape index (κ3) is 3.09. The summed E-state index contributed by atoms with van der Waals surface area (Å²) in [5, 5.41) is 2.64. The molecule has 1 aliphatic rings. The molecular formula is C14H20N2O2. The quantitative estimate of drug-likeness (QED) is 0.865. The summed E-state index contributed by atoms with van der Waals surface area (Å²) >= 11 is 0. The van der Waals surface area contributed by atoms with Crippen molar-refractivity contribution in [1.82, 2.24) is 10.2 Å². The van der Waals surface area contributed by atoms with Gasteiger partial charge >= 0.3 is 0 Å². The molecule has 1 atom stereocenters. The van der Waals surface area contributed by atoms with Gasteiger partial charge in [0.25, 0.3) is 0 Å². The molecule has 1 saturated heterocycles. The minimum absolute atomic E-state index is 0.0375. The SMILES string of the molecule is CNC(=O)C1CN(Cc2ccccc2C)CCO1. The predicted molar refractivity (Wildman–Crippen MR) is 70.3 cm³/mol. The van der Waals surface area contributed by atoms with Gasteiger partial charge in [0.1, 0.15) is 6.10 Å². The Balaban J connectivity index is 1.98. The van der Waals surface area contributed by atoms with Crippen molar-refractivity contribution in [3.05, 3.63) is 35.4 Å². The summed E-state index contributed by atoms with van der Waals surface area (Å²) in [6, 6.07) is 8.36. The number of nitrogens with one attached hydrogen (secondary N) is 1. The Labute approximate surface area is 108 Å². The number of morpholine rings is 1. The first kappa shape index (κ1) is 13.1. The molecule has 1 unspecified atom stereocenters. The normalized spacial score (nSPS) is 20.7. The van der Waals surface area contributed by atoms with E-state index in [1.54, 1.807) is 7.05 Å². The molecule has 0 aliphatic carbocycles. The first-order valence-electron chi connectivity index (χ1n) is 6.31. The van der Waals surface area contributed by atoms with Gasteiger partial charge in [-0.15, -0.1) is 0 Å². The molecule has 1 aromatic rings. The molecule has 1 amide bonds. The Bertz CT molecular complexity index is 420. The van der Waals surface area contributed by atoms with Crippen LogP contribution in [0.4, 0.5) is 0 Å². The van der Waals surface area contributed by atoms with E-state index in [0.29, 0.717) is 13.2 Å². The lowest BCUT2D eigenvalue weighted by Gasteiger charge is -2.32. The molecule has 2 rings (SSSR count). The number of aryl methyl sites for hydroxylation is 1. The van der Waals surface area contributed by atoms with Gasteiger partial charge in [0.05, 0.1) is 6.61 Å². The highest BCUT2D eigenvalue weighted by Crippen LogP contribution is 2.13. The van der Waals surface area contributed by atoms with Gasteiger partial charge in [-0.2, -0.15) is 0 Å².